The van der Waals surface area contributed by atoms with E-state index in [2.05, 4.69) is 187 Å². The van der Waals surface area contributed by atoms with Gasteiger partial charge in [0.25, 0.3) is 0 Å². The van der Waals surface area contributed by atoms with Gasteiger partial charge in [0.05, 0.1) is 51.4 Å². The first-order valence-corrected chi connectivity index (χ1v) is 30.3. The van der Waals surface area contributed by atoms with Crippen LogP contribution in [0.1, 0.15) is 138 Å². The van der Waals surface area contributed by atoms with Crippen LogP contribution in [0.3, 0.4) is 0 Å². The zero-order valence-corrected chi connectivity index (χ0v) is 53.6. The van der Waals surface area contributed by atoms with E-state index in [0.717, 1.165) is 153 Å². The average molecular weight is 1130 g/mol. The highest BCUT2D eigenvalue weighted by molar-refractivity contribution is 5.83. The van der Waals surface area contributed by atoms with Gasteiger partial charge in [-0.25, -0.2) is 0 Å². The largest absolute Gasteiger partial charge is 0.507 e. The molecule has 0 fully saturated rings. The minimum Gasteiger partial charge on any atom is -0.507 e. The van der Waals surface area contributed by atoms with Crippen molar-refractivity contribution < 1.29 is 25.5 Å². The van der Waals surface area contributed by atoms with Gasteiger partial charge in [-0.1, -0.05) is 39.8 Å². The molecular formula is C65H104N12O5. The van der Waals surface area contributed by atoms with Gasteiger partial charge in [0, 0.05) is 143 Å². The number of aliphatic hydroxyl groups is 2. The number of hydrogen-bond donors (Lipinski definition) is 5. The predicted molar refractivity (Wildman–Crippen MR) is 339 cm³/mol. The Hall–Kier alpha value is -5.24. The predicted octanol–water partition coefficient (Wildman–Crippen LogP) is 8.42. The number of rotatable bonds is 6. The molecule has 12 rings (SSSR count). The first-order valence-electron chi connectivity index (χ1n) is 30.3. The molecule has 1 atom stereocenters. The minimum absolute atomic E-state index is 0.109. The third-order valence-corrected chi connectivity index (χ3v) is 18.8. The Bertz CT molecular complexity index is 2840. The molecule has 6 aliphatic heterocycles. The van der Waals surface area contributed by atoms with Gasteiger partial charge in [-0.3, -0.25) is 29.4 Å². The molecular weight excluding hydrogens is 1030 g/mol. The lowest BCUT2D eigenvalue weighted by atomic mass is 9.72. The summed E-state index contributed by atoms with van der Waals surface area (Å²) < 4.78 is 0. The van der Waals surface area contributed by atoms with Gasteiger partial charge >= 0.3 is 0 Å². The maximum absolute atomic E-state index is 10.9. The van der Waals surface area contributed by atoms with E-state index >= 15 is 0 Å². The van der Waals surface area contributed by atoms with Gasteiger partial charge in [-0.15, -0.1) is 0 Å². The standard InChI is InChI=1S/C31H44N4.C16H26N4O2.C16H26N4O.2CH4O/c1-9-34-19-33(8)16-22-12-25-24(13-27(22)34)30(5,6)18-31(25)17-29(3,4)23-11-21-15-32(7)20-35(10-2)28(21)14-26(23)31;1-5-19-9-17(3)7-11-13(19)16(22)14-12(15(11)21)8-18(4)10-20(14)6-2;1-5-19-10-17(3)8-12-14(19)7-15-13(16(12)21)9-18(4)11-20(15)6-2;2*1-2/h11-14H,9-10,15-20H2,1-8H3;21-22H,5-10H2,1-4H3;7,21H,5-6,8-11H2,1-4H3;2*2H,1H3. The number of aliphatic hydroxyl groups excluding tert-OH is 2. The summed E-state index contributed by atoms with van der Waals surface area (Å²) in [6.07, 6.45) is 2.42. The summed E-state index contributed by atoms with van der Waals surface area (Å²) in [5.74, 6) is 1.17. The topological polar surface area (TPSA) is 140 Å². The lowest BCUT2D eigenvalue weighted by Gasteiger charge is -2.42. The Morgan fingerprint density at radius 1 is 0.341 bits per heavy atom. The van der Waals surface area contributed by atoms with Crippen LogP contribution in [0.15, 0.2) is 30.3 Å². The molecule has 1 unspecified atom stereocenters. The van der Waals surface area contributed by atoms with Crippen LogP contribution in [0.4, 0.5) is 34.1 Å². The maximum Gasteiger partial charge on any atom is 0.163 e. The van der Waals surface area contributed by atoms with E-state index in [-0.39, 0.29) is 16.2 Å². The van der Waals surface area contributed by atoms with Crippen LogP contribution in [0, 0.1) is 0 Å². The average Bonchev–Trinajstić information content (AvgIpc) is 1.78. The van der Waals surface area contributed by atoms with E-state index in [0.29, 0.717) is 30.3 Å². The molecule has 0 saturated carbocycles. The fourth-order valence-electron chi connectivity index (χ4n) is 15.5. The van der Waals surface area contributed by atoms with Crippen LogP contribution < -0.4 is 29.4 Å². The van der Waals surface area contributed by atoms with E-state index in [4.69, 9.17) is 10.2 Å². The number of phenolic OH excluding ortho intramolecular Hbond substituents is 3. The molecule has 8 aliphatic rings. The van der Waals surface area contributed by atoms with Gasteiger partial charge < -0.3 is 54.9 Å². The summed E-state index contributed by atoms with van der Waals surface area (Å²) in [6.45, 7) is 39.2. The lowest BCUT2D eigenvalue weighted by molar-refractivity contribution is 0.284. The number of nitrogens with zero attached hydrogens (tertiary/aromatic N) is 12. The normalized spacial score (nSPS) is 21.7. The number of anilines is 6. The Kier molecular flexibility index (Phi) is 19.0. The third kappa shape index (κ3) is 11.2. The first-order chi connectivity index (χ1) is 39.0. The van der Waals surface area contributed by atoms with Crippen molar-refractivity contribution in [3.05, 3.63) is 86.0 Å². The zero-order chi connectivity index (χ0) is 60.1. The second kappa shape index (κ2) is 24.8. The highest BCUT2D eigenvalue weighted by Gasteiger charge is 2.57. The summed E-state index contributed by atoms with van der Waals surface area (Å²) in [4.78, 5) is 27.8. The molecule has 17 nitrogen and oxygen atoms in total. The lowest BCUT2D eigenvalue weighted by Crippen LogP contribution is -2.43. The fraction of sp³-hybridized carbons (Fsp3) is 0.631. The van der Waals surface area contributed by atoms with E-state index in [9.17, 15) is 15.3 Å². The van der Waals surface area contributed by atoms with Crippen molar-refractivity contribution >= 4 is 34.1 Å². The molecule has 0 aromatic heterocycles. The van der Waals surface area contributed by atoms with E-state index in [1.54, 1.807) is 22.3 Å². The van der Waals surface area contributed by atoms with Gasteiger partial charge in [-0.05, 0) is 159 Å². The van der Waals surface area contributed by atoms with Crippen LogP contribution in [0.25, 0.3) is 0 Å². The highest BCUT2D eigenvalue weighted by Crippen LogP contribution is 2.64. The second-order valence-corrected chi connectivity index (χ2v) is 25.9. The monoisotopic (exact) mass is 1130 g/mol. The molecule has 454 valence electrons. The number of hydrogen-bond acceptors (Lipinski definition) is 17. The summed E-state index contributed by atoms with van der Waals surface area (Å²) in [7, 11) is 14.8. The quantitative estimate of drug-likeness (QED) is 0.118. The number of phenols is 3. The van der Waals surface area contributed by atoms with Gasteiger partial charge in [0.1, 0.15) is 11.5 Å². The van der Waals surface area contributed by atoms with Crippen molar-refractivity contribution in [3.8, 4) is 17.2 Å². The Morgan fingerprint density at radius 3 is 1.00 bits per heavy atom. The van der Waals surface area contributed by atoms with Crippen molar-refractivity contribution in [3.63, 3.8) is 0 Å². The Balaban J connectivity index is 0.000000163. The molecule has 4 aromatic rings. The molecule has 82 heavy (non-hydrogen) atoms. The molecule has 0 amide bonds. The van der Waals surface area contributed by atoms with Crippen LogP contribution in [-0.4, -0.2) is 191 Å². The summed E-state index contributed by atoms with van der Waals surface area (Å²) in [5, 5.41) is 46.6. The molecule has 17 heteroatoms. The van der Waals surface area contributed by atoms with Crippen molar-refractivity contribution in [1.29, 1.82) is 0 Å². The molecule has 4 aromatic carbocycles. The van der Waals surface area contributed by atoms with Crippen molar-refractivity contribution in [2.75, 3.05) is 165 Å². The smallest absolute Gasteiger partial charge is 0.163 e. The van der Waals surface area contributed by atoms with Crippen LogP contribution in [-0.2, 0) is 55.5 Å². The maximum atomic E-state index is 10.9. The fourth-order valence-corrected chi connectivity index (χ4v) is 15.5. The summed E-state index contributed by atoms with van der Waals surface area (Å²) in [5.41, 5.74) is 20.7. The third-order valence-electron chi connectivity index (χ3n) is 18.8. The Labute approximate surface area is 493 Å². The van der Waals surface area contributed by atoms with Crippen LogP contribution in [0.5, 0.6) is 17.2 Å². The van der Waals surface area contributed by atoms with Crippen LogP contribution >= 0.6 is 0 Å². The molecule has 5 N–H and O–H groups in total. The molecule has 0 bridgehead atoms. The van der Waals surface area contributed by atoms with Gasteiger partial charge in [0.2, 0.25) is 0 Å². The van der Waals surface area contributed by atoms with Crippen LogP contribution in [0.2, 0.25) is 0 Å². The summed E-state index contributed by atoms with van der Waals surface area (Å²) in [6, 6.07) is 12.7. The summed E-state index contributed by atoms with van der Waals surface area (Å²) >= 11 is 0. The molecule has 2 aliphatic carbocycles. The van der Waals surface area contributed by atoms with E-state index in [1.807, 2.05) is 14.1 Å². The SMILES string of the molecule is CCN1CN(C)Cc2c(O)c3c(c(O)c21)N(CC)CN(C)C3.CCN1CN(C)Cc2c1cc1c(c2O)CN(C)CN1CC.CCN1CN(C)Cc2cc3c(cc21)C(C)(C)CC31CC(C)(C)c2cc3c(cc21)N(CC)CN(C)C3.CO.CO. The van der Waals surface area contributed by atoms with Crippen molar-refractivity contribution in [2.24, 2.45) is 0 Å². The number of fused-ring (bicyclic) bond motifs is 10. The highest BCUT2D eigenvalue weighted by atomic mass is 16.3. The second-order valence-electron chi connectivity index (χ2n) is 25.9. The van der Waals surface area contributed by atoms with E-state index < -0.39 is 0 Å². The minimum atomic E-state index is 0.109. The molecule has 6 heterocycles. The number of benzene rings is 4. The first kappa shape index (κ1) is 62.8. The van der Waals surface area contributed by atoms with Crippen molar-refractivity contribution in [2.45, 2.75) is 138 Å². The van der Waals surface area contributed by atoms with Gasteiger partial charge in [-0.2, -0.15) is 0 Å². The zero-order valence-electron chi connectivity index (χ0n) is 53.6. The van der Waals surface area contributed by atoms with E-state index in [1.165, 1.54) is 46.7 Å². The van der Waals surface area contributed by atoms with Gasteiger partial charge in [0.15, 0.2) is 5.75 Å². The molecule has 0 radical (unpaired) electrons. The molecule has 0 saturated heterocycles. The number of aromatic hydroxyl groups is 3. The molecule has 1 spiro atoms. The van der Waals surface area contributed by atoms with Crippen molar-refractivity contribution in [1.82, 2.24) is 29.4 Å². The Morgan fingerprint density at radius 2 is 0.622 bits per heavy atom.